The van der Waals surface area contributed by atoms with Gasteiger partial charge in [0.2, 0.25) is 0 Å². The van der Waals surface area contributed by atoms with Crippen molar-refractivity contribution in [3.8, 4) is 0 Å². The van der Waals surface area contributed by atoms with Gasteiger partial charge in [-0.3, -0.25) is 4.98 Å². The van der Waals surface area contributed by atoms with E-state index in [0.29, 0.717) is 0 Å². The number of pyridine rings is 1. The molecule has 2 nitrogen and oxygen atoms in total. The zero-order chi connectivity index (χ0) is 26.8. The van der Waals surface area contributed by atoms with Gasteiger partial charge < -0.3 is 5.73 Å². The topological polar surface area (TPSA) is 38.9 Å². The summed E-state index contributed by atoms with van der Waals surface area (Å²) in [5.41, 5.74) is 11.5. The van der Waals surface area contributed by atoms with Crippen LogP contribution in [0.5, 0.6) is 0 Å². The van der Waals surface area contributed by atoms with E-state index < -0.39 is 7.92 Å². The zero-order valence-corrected chi connectivity index (χ0v) is 26.2. The summed E-state index contributed by atoms with van der Waals surface area (Å²) in [4.78, 5) is 5.36. The van der Waals surface area contributed by atoms with Crippen molar-refractivity contribution in [3.63, 3.8) is 0 Å². The number of hydrogen-bond donors (Lipinski definition) is 1. The molecule has 0 amide bonds. The van der Waals surface area contributed by atoms with Crippen LogP contribution in [0.2, 0.25) is 0 Å². The molecule has 0 bridgehead atoms. The van der Waals surface area contributed by atoms with Crippen LogP contribution in [0.25, 0.3) is 6.08 Å². The highest BCUT2D eigenvalue weighted by molar-refractivity contribution is 7.61. The summed E-state index contributed by atoms with van der Waals surface area (Å²) < 4.78 is 0. The maximum Gasteiger partial charge on any atom is 0.0618 e. The summed E-state index contributed by atoms with van der Waals surface area (Å²) in [5, 5.41) is 0.768. The van der Waals surface area contributed by atoms with Gasteiger partial charge in [-0.15, -0.1) is 0 Å². The van der Waals surface area contributed by atoms with E-state index in [2.05, 4.69) is 138 Å². The molecule has 0 fully saturated rings. The van der Waals surface area contributed by atoms with Crippen LogP contribution < -0.4 is 5.73 Å². The summed E-state index contributed by atoms with van der Waals surface area (Å²) in [7, 11) is -0.816. The first-order valence-corrected chi connectivity index (χ1v) is 15.8. The molecule has 0 aliphatic carbocycles. The molecule has 35 heavy (non-hydrogen) atoms. The van der Waals surface area contributed by atoms with Crippen molar-refractivity contribution in [2.45, 2.75) is 116 Å². The van der Waals surface area contributed by atoms with Gasteiger partial charge in [-0.2, -0.15) is 0 Å². The van der Waals surface area contributed by atoms with Gasteiger partial charge in [-0.1, -0.05) is 135 Å². The Morgan fingerprint density at radius 2 is 1.26 bits per heavy atom. The molecule has 1 unspecified atom stereocenters. The Kier molecular flexibility index (Phi) is 9.45. The van der Waals surface area contributed by atoms with E-state index in [1.54, 1.807) is 0 Å². The maximum atomic E-state index is 7.01. The van der Waals surface area contributed by atoms with Crippen molar-refractivity contribution in [1.29, 1.82) is 0 Å². The summed E-state index contributed by atoms with van der Waals surface area (Å²) in [6, 6.07) is 17.1. The number of allylic oxidation sites excluding steroid dienone is 1. The first kappa shape index (κ1) is 30.0. The standard InChI is InChI=1S/C31H50N2P2/c1-28(2,3)34(29(4,5)6)22-24-19-16-20-26(33-24)27(35(30(7,8)9)31(10,11)12)25(32)21-23-17-14-13-15-18-23/h13-21,27H,22,32H2,1-12H3/b25-21+. The van der Waals surface area contributed by atoms with Gasteiger partial charge in [0.15, 0.2) is 0 Å². The van der Waals surface area contributed by atoms with Gasteiger partial charge in [0, 0.05) is 17.6 Å². The molecule has 0 saturated carbocycles. The third-order valence-electron chi connectivity index (χ3n) is 6.20. The van der Waals surface area contributed by atoms with Crippen LogP contribution in [-0.2, 0) is 6.16 Å². The minimum absolute atomic E-state index is 0.0978. The quantitative estimate of drug-likeness (QED) is 0.391. The molecule has 0 aliphatic heterocycles. The SMILES string of the molecule is CC(C)(C)P(Cc1cccc(C(/C(N)=C\c2ccccc2)P(C(C)(C)C)C(C)(C)C)n1)C(C)(C)C. The molecule has 1 atom stereocenters. The molecule has 1 heterocycles. The van der Waals surface area contributed by atoms with Crippen molar-refractivity contribution in [1.82, 2.24) is 4.98 Å². The number of nitrogens with zero attached hydrogens (tertiary/aromatic N) is 1. The summed E-state index contributed by atoms with van der Waals surface area (Å²) in [6.45, 7) is 28.5. The first-order valence-electron chi connectivity index (χ1n) is 12.9. The highest BCUT2D eigenvalue weighted by Crippen LogP contribution is 2.69. The van der Waals surface area contributed by atoms with Crippen molar-refractivity contribution in [2.75, 3.05) is 0 Å². The van der Waals surface area contributed by atoms with Crippen molar-refractivity contribution >= 4 is 21.9 Å². The van der Waals surface area contributed by atoms with Crippen molar-refractivity contribution in [2.24, 2.45) is 5.73 Å². The van der Waals surface area contributed by atoms with Crippen LogP contribution in [0.1, 0.15) is 106 Å². The van der Waals surface area contributed by atoms with E-state index in [0.717, 1.165) is 23.1 Å². The molecule has 0 aliphatic rings. The van der Waals surface area contributed by atoms with Crippen LogP contribution in [0.15, 0.2) is 54.2 Å². The molecule has 0 spiro atoms. The van der Waals surface area contributed by atoms with Gasteiger partial charge in [-0.05, 0) is 44.4 Å². The molecule has 2 N–H and O–H groups in total. The Bertz CT molecular complexity index is 956. The van der Waals surface area contributed by atoms with Crippen LogP contribution in [0, 0.1) is 0 Å². The van der Waals surface area contributed by atoms with E-state index in [1.807, 2.05) is 0 Å². The van der Waals surface area contributed by atoms with E-state index in [1.165, 1.54) is 5.69 Å². The van der Waals surface area contributed by atoms with Gasteiger partial charge in [0.05, 0.1) is 11.4 Å². The second-order valence-electron chi connectivity index (χ2n) is 13.7. The third kappa shape index (κ3) is 8.40. The Balaban J connectivity index is 2.66. The number of benzene rings is 1. The predicted molar refractivity (Wildman–Crippen MR) is 162 cm³/mol. The monoisotopic (exact) mass is 512 g/mol. The average Bonchev–Trinajstić information content (AvgIpc) is 2.67. The molecular formula is C31H50N2P2. The van der Waals surface area contributed by atoms with Crippen LogP contribution in [-0.4, -0.2) is 25.6 Å². The molecule has 1 aromatic heterocycles. The predicted octanol–water partition coefficient (Wildman–Crippen LogP) is 9.78. The van der Waals surface area contributed by atoms with Gasteiger partial charge >= 0.3 is 0 Å². The molecule has 2 rings (SSSR count). The highest BCUT2D eigenvalue weighted by Gasteiger charge is 2.42. The van der Waals surface area contributed by atoms with E-state index >= 15 is 0 Å². The molecule has 0 saturated heterocycles. The van der Waals surface area contributed by atoms with E-state index in [4.69, 9.17) is 10.7 Å². The average molecular weight is 513 g/mol. The zero-order valence-electron chi connectivity index (χ0n) is 24.4. The third-order valence-corrected chi connectivity index (χ3v) is 14.0. The lowest BCUT2D eigenvalue weighted by molar-refractivity contribution is 0.688. The van der Waals surface area contributed by atoms with Crippen LogP contribution >= 0.6 is 15.8 Å². The Labute approximate surface area is 219 Å². The number of nitrogens with two attached hydrogens (primary N) is 1. The molecule has 2 aromatic rings. The van der Waals surface area contributed by atoms with Gasteiger partial charge in [-0.25, -0.2) is 0 Å². The first-order chi connectivity index (χ1) is 15.8. The number of aromatic nitrogens is 1. The second-order valence-corrected chi connectivity index (χ2v) is 21.4. The minimum atomic E-state index is -0.546. The largest absolute Gasteiger partial charge is 0.401 e. The fraction of sp³-hybridized carbons (Fsp3) is 0.581. The Morgan fingerprint density at radius 1 is 0.743 bits per heavy atom. The normalized spacial score (nSPS) is 15.1. The van der Waals surface area contributed by atoms with E-state index in [-0.39, 0.29) is 34.2 Å². The summed E-state index contributed by atoms with van der Waals surface area (Å²) in [5.74, 6) is 0. The van der Waals surface area contributed by atoms with Gasteiger partial charge in [0.25, 0.3) is 0 Å². The summed E-state index contributed by atoms with van der Waals surface area (Å²) >= 11 is 0. The lowest BCUT2D eigenvalue weighted by Crippen LogP contribution is -2.31. The highest BCUT2D eigenvalue weighted by atomic mass is 31.1. The fourth-order valence-electron chi connectivity index (χ4n) is 5.43. The van der Waals surface area contributed by atoms with Crippen molar-refractivity contribution < 1.29 is 0 Å². The molecule has 0 radical (unpaired) electrons. The molecular weight excluding hydrogens is 462 g/mol. The Morgan fingerprint density at radius 3 is 1.71 bits per heavy atom. The van der Waals surface area contributed by atoms with E-state index in [9.17, 15) is 0 Å². The Hall–Kier alpha value is -1.23. The summed E-state index contributed by atoms with van der Waals surface area (Å²) in [6.07, 6.45) is 3.21. The maximum absolute atomic E-state index is 7.01. The second kappa shape index (κ2) is 11.0. The number of hydrogen-bond acceptors (Lipinski definition) is 2. The van der Waals surface area contributed by atoms with Crippen molar-refractivity contribution in [3.05, 3.63) is 71.2 Å². The molecule has 1 aromatic carbocycles. The smallest absolute Gasteiger partial charge is 0.0618 e. The molecule has 194 valence electrons. The van der Waals surface area contributed by atoms with Crippen LogP contribution in [0.4, 0.5) is 0 Å². The number of rotatable bonds is 6. The lowest BCUT2D eigenvalue weighted by Gasteiger charge is -2.46. The minimum Gasteiger partial charge on any atom is -0.401 e. The lowest BCUT2D eigenvalue weighted by atomic mass is 10.1. The van der Waals surface area contributed by atoms with Crippen LogP contribution in [0.3, 0.4) is 0 Å². The fourth-order valence-corrected chi connectivity index (χ4v) is 13.2. The molecule has 4 heteroatoms. The van der Waals surface area contributed by atoms with Gasteiger partial charge in [0.1, 0.15) is 0 Å².